The standard InChI is InChI=1S/C13H20N2O5S/c1-4-20-8-9(2)15-21(17,18)12-6-5-10(14)7-11(12)13(16)19-3/h5-7,9,15H,4,8,14H2,1-3H3. The van der Waals surface area contributed by atoms with Crippen LogP contribution in [0.1, 0.15) is 24.2 Å². The van der Waals surface area contributed by atoms with E-state index in [4.69, 9.17) is 10.5 Å². The number of hydrogen-bond acceptors (Lipinski definition) is 6. The van der Waals surface area contributed by atoms with Gasteiger partial charge in [0, 0.05) is 18.3 Å². The Labute approximate surface area is 124 Å². The number of carbonyl (C=O) groups excluding carboxylic acids is 1. The predicted octanol–water partition coefficient (Wildman–Crippen LogP) is 0.759. The number of methoxy groups -OCH3 is 1. The van der Waals surface area contributed by atoms with Gasteiger partial charge in [0.05, 0.1) is 24.2 Å². The summed E-state index contributed by atoms with van der Waals surface area (Å²) in [5, 5.41) is 0. The molecule has 0 fully saturated rings. The number of benzene rings is 1. The minimum Gasteiger partial charge on any atom is -0.465 e. The summed E-state index contributed by atoms with van der Waals surface area (Å²) in [5.74, 6) is -0.764. The quantitative estimate of drug-likeness (QED) is 0.568. The number of anilines is 1. The van der Waals surface area contributed by atoms with Crippen LogP contribution in [0.2, 0.25) is 0 Å². The Bertz CT molecular complexity index is 601. The maximum atomic E-state index is 12.3. The average molecular weight is 316 g/mol. The molecular weight excluding hydrogens is 296 g/mol. The fourth-order valence-corrected chi connectivity index (χ4v) is 3.11. The number of carbonyl (C=O) groups is 1. The van der Waals surface area contributed by atoms with Gasteiger partial charge in [0.2, 0.25) is 10.0 Å². The summed E-state index contributed by atoms with van der Waals surface area (Å²) in [6.45, 7) is 4.21. The van der Waals surface area contributed by atoms with E-state index in [0.717, 1.165) is 0 Å². The molecule has 3 N–H and O–H groups in total. The second-order valence-electron chi connectivity index (χ2n) is 4.43. The lowest BCUT2D eigenvalue weighted by Crippen LogP contribution is -2.36. The van der Waals surface area contributed by atoms with Crippen molar-refractivity contribution in [1.82, 2.24) is 4.72 Å². The highest BCUT2D eigenvalue weighted by Gasteiger charge is 2.24. The third kappa shape index (κ3) is 4.69. The molecule has 0 bridgehead atoms. The van der Waals surface area contributed by atoms with Crippen molar-refractivity contribution in [3.63, 3.8) is 0 Å². The molecular formula is C13H20N2O5S. The molecule has 0 saturated heterocycles. The first kappa shape index (κ1) is 17.4. The SMILES string of the molecule is CCOCC(C)NS(=O)(=O)c1ccc(N)cc1C(=O)OC. The Kier molecular flexibility index (Phi) is 6.13. The molecule has 1 aromatic carbocycles. The van der Waals surface area contributed by atoms with Gasteiger partial charge in [0.15, 0.2) is 0 Å². The van der Waals surface area contributed by atoms with Crippen LogP contribution < -0.4 is 10.5 Å². The molecule has 118 valence electrons. The van der Waals surface area contributed by atoms with E-state index in [9.17, 15) is 13.2 Å². The Morgan fingerprint density at radius 2 is 2.10 bits per heavy atom. The minimum atomic E-state index is -3.88. The van der Waals surface area contributed by atoms with E-state index in [1.165, 1.54) is 25.3 Å². The number of esters is 1. The molecule has 1 aromatic rings. The predicted molar refractivity (Wildman–Crippen MR) is 78.5 cm³/mol. The van der Waals surface area contributed by atoms with E-state index >= 15 is 0 Å². The number of nitrogen functional groups attached to an aromatic ring is 1. The lowest BCUT2D eigenvalue weighted by atomic mass is 10.2. The number of rotatable bonds is 7. The molecule has 1 rings (SSSR count). The van der Waals surface area contributed by atoms with Gasteiger partial charge in [-0.15, -0.1) is 0 Å². The summed E-state index contributed by atoms with van der Waals surface area (Å²) >= 11 is 0. The molecule has 1 atom stereocenters. The van der Waals surface area contributed by atoms with E-state index in [1.54, 1.807) is 6.92 Å². The van der Waals surface area contributed by atoms with E-state index in [-0.39, 0.29) is 22.8 Å². The Balaban J connectivity index is 3.10. The zero-order valence-electron chi connectivity index (χ0n) is 12.3. The Morgan fingerprint density at radius 1 is 1.43 bits per heavy atom. The van der Waals surface area contributed by atoms with Crippen molar-refractivity contribution < 1.29 is 22.7 Å². The molecule has 0 amide bonds. The van der Waals surface area contributed by atoms with Crippen molar-refractivity contribution in [2.75, 3.05) is 26.1 Å². The van der Waals surface area contributed by atoms with Crippen LogP contribution in [0.25, 0.3) is 0 Å². The Hall–Kier alpha value is -1.64. The average Bonchev–Trinajstić information content (AvgIpc) is 2.43. The van der Waals surface area contributed by atoms with Gasteiger partial charge in [-0.3, -0.25) is 0 Å². The number of ether oxygens (including phenoxy) is 2. The molecule has 0 aliphatic rings. The second-order valence-corrected chi connectivity index (χ2v) is 6.11. The highest BCUT2D eigenvalue weighted by atomic mass is 32.2. The van der Waals surface area contributed by atoms with Crippen molar-refractivity contribution in [3.05, 3.63) is 23.8 Å². The lowest BCUT2D eigenvalue weighted by Gasteiger charge is -2.16. The summed E-state index contributed by atoms with van der Waals surface area (Å²) in [5.41, 5.74) is 5.76. The van der Waals surface area contributed by atoms with Crippen LogP contribution in [0, 0.1) is 0 Å². The minimum absolute atomic E-state index is 0.103. The van der Waals surface area contributed by atoms with Gasteiger partial charge in [-0.2, -0.15) is 0 Å². The monoisotopic (exact) mass is 316 g/mol. The zero-order chi connectivity index (χ0) is 16.0. The first-order valence-corrected chi connectivity index (χ1v) is 7.88. The maximum Gasteiger partial charge on any atom is 0.339 e. The third-order valence-electron chi connectivity index (χ3n) is 2.63. The third-order valence-corrected chi connectivity index (χ3v) is 4.27. The highest BCUT2D eigenvalue weighted by Crippen LogP contribution is 2.20. The number of nitrogens with two attached hydrogens (primary N) is 1. The van der Waals surface area contributed by atoms with Gasteiger partial charge in [-0.05, 0) is 32.0 Å². The summed E-state index contributed by atoms with van der Waals surface area (Å²) in [4.78, 5) is 11.5. The van der Waals surface area contributed by atoms with Gasteiger partial charge in [0.25, 0.3) is 0 Å². The topological polar surface area (TPSA) is 108 Å². The molecule has 0 aliphatic carbocycles. The van der Waals surface area contributed by atoms with Crippen LogP contribution >= 0.6 is 0 Å². The number of nitrogens with one attached hydrogen (secondary N) is 1. The van der Waals surface area contributed by atoms with Crippen molar-refractivity contribution in [2.24, 2.45) is 0 Å². The van der Waals surface area contributed by atoms with Crippen molar-refractivity contribution in [3.8, 4) is 0 Å². The molecule has 7 nitrogen and oxygen atoms in total. The Morgan fingerprint density at radius 3 is 2.67 bits per heavy atom. The fourth-order valence-electron chi connectivity index (χ4n) is 1.71. The van der Waals surface area contributed by atoms with Gasteiger partial charge in [-0.1, -0.05) is 0 Å². The van der Waals surface area contributed by atoms with Gasteiger partial charge in [-0.25, -0.2) is 17.9 Å². The zero-order valence-corrected chi connectivity index (χ0v) is 13.1. The second kappa shape index (κ2) is 7.39. The fraction of sp³-hybridized carbons (Fsp3) is 0.462. The lowest BCUT2D eigenvalue weighted by molar-refractivity contribution is 0.0596. The number of hydrogen-bond donors (Lipinski definition) is 2. The molecule has 0 spiro atoms. The van der Waals surface area contributed by atoms with Gasteiger partial charge >= 0.3 is 5.97 Å². The molecule has 0 aliphatic heterocycles. The highest BCUT2D eigenvalue weighted by molar-refractivity contribution is 7.89. The molecule has 0 saturated carbocycles. The summed E-state index contributed by atoms with van der Waals surface area (Å²) in [7, 11) is -2.71. The molecule has 0 aromatic heterocycles. The molecule has 1 unspecified atom stereocenters. The van der Waals surface area contributed by atoms with Gasteiger partial charge < -0.3 is 15.2 Å². The van der Waals surface area contributed by atoms with Crippen molar-refractivity contribution in [1.29, 1.82) is 0 Å². The summed E-state index contributed by atoms with van der Waals surface area (Å²) in [6, 6.07) is 3.53. The summed E-state index contributed by atoms with van der Waals surface area (Å²) < 4.78 is 36.9. The van der Waals surface area contributed by atoms with Crippen LogP contribution in [0.3, 0.4) is 0 Å². The van der Waals surface area contributed by atoms with Crippen LogP contribution in [0.15, 0.2) is 23.1 Å². The largest absolute Gasteiger partial charge is 0.465 e. The molecule has 8 heteroatoms. The first-order valence-electron chi connectivity index (χ1n) is 6.39. The van der Waals surface area contributed by atoms with Crippen LogP contribution in [-0.2, 0) is 19.5 Å². The van der Waals surface area contributed by atoms with E-state index < -0.39 is 22.0 Å². The smallest absolute Gasteiger partial charge is 0.339 e. The summed E-state index contributed by atoms with van der Waals surface area (Å²) in [6.07, 6.45) is 0. The van der Waals surface area contributed by atoms with Crippen LogP contribution in [-0.4, -0.2) is 40.8 Å². The van der Waals surface area contributed by atoms with Crippen LogP contribution in [0.4, 0.5) is 5.69 Å². The van der Waals surface area contributed by atoms with E-state index in [2.05, 4.69) is 9.46 Å². The van der Waals surface area contributed by atoms with Gasteiger partial charge in [0.1, 0.15) is 0 Å². The normalized spacial score (nSPS) is 12.9. The van der Waals surface area contributed by atoms with E-state index in [1.807, 2.05) is 6.92 Å². The van der Waals surface area contributed by atoms with Crippen molar-refractivity contribution in [2.45, 2.75) is 24.8 Å². The first-order chi connectivity index (χ1) is 9.81. The molecule has 0 radical (unpaired) electrons. The van der Waals surface area contributed by atoms with E-state index in [0.29, 0.717) is 6.61 Å². The molecule has 0 heterocycles. The number of sulfonamides is 1. The van der Waals surface area contributed by atoms with Crippen LogP contribution in [0.5, 0.6) is 0 Å². The van der Waals surface area contributed by atoms with Crippen molar-refractivity contribution >= 4 is 21.7 Å². The molecule has 21 heavy (non-hydrogen) atoms. The maximum absolute atomic E-state index is 12.3.